The number of ether oxygens (including phenoxy) is 2. The Hall–Kier alpha value is -0.660. The summed E-state index contributed by atoms with van der Waals surface area (Å²) in [6.07, 6.45) is 0.327. The van der Waals surface area contributed by atoms with Crippen LogP contribution in [0, 0.1) is 5.92 Å². The summed E-state index contributed by atoms with van der Waals surface area (Å²) in [4.78, 5) is 12.0. The number of sulfone groups is 1. The van der Waals surface area contributed by atoms with E-state index in [4.69, 9.17) is 9.47 Å². The topological polar surface area (TPSA) is 81.7 Å². The first kappa shape index (κ1) is 13.8. The van der Waals surface area contributed by atoms with Crippen molar-refractivity contribution < 1.29 is 22.7 Å². The monoisotopic (exact) mass is 277 g/mol. The maximum atomic E-state index is 12.0. The van der Waals surface area contributed by atoms with Crippen LogP contribution >= 0.6 is 0 Å². The van der Waals surface area contributed by atoms with Crippen molar-refractivity contribution >= 4 is 15.7 Å². The fraction of sp³-hybridized carbons (Fsp3) is 0.909. The molecule has 4 unspecified atom stereocenters. The van der Waals surface area contributed by atoms with Crippen molar-refractivity contribution in [1.82, 2.24) is 5.32 Å². The van der Waals surface area contributed by atoms with Gasteiger partial charge in [-0.3, -0.25) is 4.79 Å². The molecule has 104 valence electrons. The molecule has 0 radical (unpaired) electrons. The van der Waals surface area contributed by atoms with E-state index in [2.05, 4.69) is 5.32 Å². The third-order valence-corrected chi connectivity index (χ3v) is 5.20. The average molecular weight is 277 g/mol. The van der Waals surface area contributed by atoms with Gasteiger partial charge in [0, 0.05) is 7.11 Å². The van der Waals surface area contributed by atoms with Gasteiger partial charge >= 0.3 is 0 Å². The van der Waals surface area contributed by atoms with Gasteiger partial charge in [0.2, 0.25) is 5.91 Å². The smallest absolute Gasteiger partial charge is 0.225 e. The molecule has 0 aliphatic carbocycles. The summed E-state index contributed by atoms with van der Waals surface area (Å²) < 4.78 is 33.5. The Morgan fingerprint density at radius 1 is 1.39 bits per heavy atom. The van der Waals surface area contributed by atoms with Gasteiger partial charge in [-0.1, -0.05) is 0 Å². The van der Waals surface area contributed by atoms with Gasteiger partial charge in [-0.05, 0) is 13.3 Å². The molecule has 6 nitrogen and oxygen atoms in total. The van der Waals surface area contributed by atoms with Gasteiger partial charge in [-0.15, -0.1) is 0 Å². The molecule has 2 saturated heterocycles. The Balaban J connectivity index is 1.94. The highest BCUT2D eigenvalue weighted by atomic mass is 32.2. The predicted molar refractivity (Wildman–Crippen MR) is 64.9 cm³/mol. The summed E-state index contributed by atoms with van der Waals surface area (Å²) in [5.74, 6) is -0.379. The standard InChI is InChI=1S/C11H19NO5S/c1-7-3-8(4-17-7)11(13)12-9-5-18(14,15)6-10(9)16-2/h7-10H,3-6H2,1-2H3,(H,12,13). The van der Waals surface area contributed by atoms with Crippen LogP contribution in [0.2, 0.25) is 0 Å². The summed E-state index contributed by atoms with van der Waals surface area (Å²) in [5.41, 5.74) is 0. The van der Waals surface area contributed by atoms with E-state index in [1.165, 1.54) is 7.11 Å². The number of hydrogen-bond acceptors (Lipinski definition) is 5. The van der Waals surface area contributed by atoms with E-state index in [9.17, 15) is 13.2 Å². The van der Waals surface area contributed by atoms with Crippen LogP contribution in [-0.4, -0.2) is 57.8 Å². The number of hydrogen-bond donors (Lipinski definition) is 1. The molecule has 4 atom stereocenters. The lowest BCUT2D eigenvalue weighted by Crippen LogP contribution is -2.46. The Morgan fingerprint density at radius 3 is 2.67 bits per heavy atom. The van der Waals surface area contributed by atoms with Crippen LogP contribution in [0.1, 0.15) is 13.3 Å². The Morgan fingerprint density at radius 2 is 2.11 bits per heavy atom. The molecule has 1 amide bonds. The van der Waals surface area contributed by atoms with Crippen LogP contribution in [0.3, 0.4) is 0 Å². The number of nitrogens with one attached hydrogen (secondary N) is 1. The fourth-order valence-electron chi connectivity index (χ4n) is 2.48. The van der Waals surface area contributed by atoms with Gasteiger partial charge in [0.25, 0.3) is 0 Å². The third kappa shape index (κ3) is 3.02. The summed E-state index contributed by atoms with van der Waals surface area (Å²) in [6.45, 7) is 2.33. The number of methoxy groups -OCH3 is 1. The summed E-state index contributed by atoms with van der Waals surface area (Å²) >= 11 is 0. The molecule has 2 heterocycles. The highest BCUT2D eigenvalue weighted by molar-refractivity contribution is 7.91. The largest absolute Gasteiger partial charge is 0.378 e. The Labute approximate surface area is 107 Å². The lowest BCUT2D eigenvalue weighted by molar-refractivity contribution is -0.126. The second-order valence-electron chi connectivity index (χ2n) is 5.04. The predicted octanol–water partition coefficient (Wildman–Crippen LogP) is -0.660. The quantitative estimate of drug-likeness (QED) is 0.740. The first-order valence-corrected chi connectivity index (χ1v) is 7.88. The molecule has 7 heteroatoms. The molecular weight excluding hydrogens is 258 g/mol. The molecule has 0 bridgehead atoms. The molecule has 2 aliphatic heterocycles. The second-order valence-corrected chi connectivity index (χ2v) is 7.20. The number of rotatable bonds is 3. The van der Waals surface area contributed by atoms with Crippen LogP contribution in [0.4, 0.5) is 0 Å². The van der Waals surface area contributed by atoms with E-state index in [0.717, 1.165) is 0 Å². The molecular formula is C11H19NO5S. The first-order valence-electron chi connectivity index (χ1n) is 6.06. The number of amides is 1. The van der Waals surface area contributed by atoms with Crippen molar-refractivity contribution in [3.63, 3.8) is 0 Å². The lowest BCUT2D eigenvalue weighted by Gasteiger charge is -2.19. The van der Waals surface area contributed by atoms with Crippen LogP contribution in [0.5, 0.6) is 0 Å². The minimum absolute atomic E-state index is 0.0218. The third-order valence-electron chi connectivity index (χ3n) is 3.50. The van der Waals surface area contributed by atoms with Crippen molar-refractivity contribution in [2.75, 3.05) is 25.2 Å². The summed E-state index contributed by atoms with van der Waals surface area (Å²) in [5, 5.41) is 2.77. The van der Waals surface area contributed by atoms with Crippen molar-refractivity contribution in [3.8, 4) is 0 Å². The maximum absolute atomic E-state index is 12.0. The van der Waals surface area contributed by atoms with Gasteiger partial charge < -0.3 is 14.8 Å². The van der Waals surface area contributed by atoms with Crippen LogP contribution in [0.15, 0.2) is 0 Å². The molecule has 0 saturated carbocycles. The molecule has 0 aromatic heterocycles. The lowest BCUT2D eigenvalue weighted by atomic mass is 10.0. The minimum Gasteiger partial charge on any atom is -0.378 e. The van der Waals surface area contributed by atoms with Gasteiger partial charge in [0.15, 0.2) is 9.84 Å². The van der Waals surface area contributed by atoms with Gasteiger partial charge in [-0.2, -0.15) is 0 Å². The highest BCUT2D eigenvalue weighted by Gasteiger charge is 2.40. The van der Waals surface area contributed by atoms with Crippen molar-refractivity contribution in [2.45, 2.75) is 31.6 Å². The summed E-state index contributed by atoms with van der Waals surface area (Å²) in [7, 11) is -1.64. The van der Waals surface area contributed by atoms with E-state index in [1.807, 2.05) is 6.92 Å². The molecule has 1 N–H and O–H groups in total. The van der Waals surface area contributed by atoms with Gasteiger partial charge in [0.1, 0.15) is 0 Å². The Kier molecular flexibility index (Phi) is 3.93. The Bertz CT molecular complexity index is 421. The van der Waals surface area contributed by atoms with E-state index in [0.29, 0.717) is 13.0 Å². The van der Waals surface area contributed by atoms with Gasteiger partial charge in [0.05, 0.1) is 42.3 Å². The SMILES string of the molecule is COC1CS(=O)(=O)CC1NC(=O)C1COC(C)C1. The molecule has 18 heavy (non-hydrogen) atoms. The molecule has 2 rings (SSSR count). The van der Waals surface area contributed by atoms with E-state index in [-0.39, 0.29) is 29.4 Å². The number of carbonyl (C=O) groups excluding carboxylic acids is 1. The highest BCUT2D eigenvalue weighted by Crippen LogP contribution is 2.21. The molecule has 0 spiro atoms. The molecule has 2 fully saturated rings. The maximum Gasteiger partial charge on any atom is 0.225 e. The summed E-state index contributed by atoms with van der Waals surface area (Å²) in [6, 6.07) is -0.441. The average Bonchev–Trinajstić information content (AvgIpc) is 2.82. The molecule has 0 aromatic carbocycles. The van der Waals surface area contributed by atoms with Crippen molar-refractivity contribution in [3.05, 3.63) is 0 Å². The van der Waals surface area contributed by atoms with Crippen molar-refractivity contribution in [1.29, 1.82) is 0 Å². The van der Waals surface area contributed by atoms with Gasteiger partial charge in [-0.25, -0.2) is 8.42 Å². The molecule has 0 aromatic rings. The fourth-order valence-corrected chi connectivity index (χ4v) is 4.33. The minimum atomic E-state index is -3.11. The van der Waals surface area contributed by atoms with Crippen LogP contribution in [0.25, 0.3) is 0 Å². The zero-order valence-electron chi connectivity index (χ0n) is 10.6. The van der Waals surface area contributed by atoms with Crippen molar-refractivity contribution in [2.24, 2.45) is 5.92 Å². The zero-order chi connectivity index (χ0) is 13.3. The molecule has 2 aliphatic rings. The van der Waals surface area contributed by atoms with E-state index in [1.54, 1.807) is 0 Å². The number of carbonyl (C=O) groups is 1. The van der Waals surface area contributed by atoms with E-state index >= 15 is 0 Å². The van der Waals surface area contributed by atoms with E-state index < -0.39 is 22.0 Å². The second kappa shape index (κ2) is 5.14. The normalized spacial score (nSPS) is 38.8. The first-order chi connectivity index (χ1) is 8.41. The zero-order valence-corrected chi connectivity index (χ0v) is 11.4. The van der Waals surface area contributed by atoms with Crippen LogP contribution in [-0.2, 0) is 24.1 Å². The van der Waals surface area contributed by atoms with Crippen LogP contribution < -0.4 is 5.32 Å².